The molecule has 0 atom stereocenters. The van der Waals surface area contributed by atoms with Gasteiger partial charge in [0.1, 0.15) is 5.84 Å². The number of benzene rings is 1. The number of nitrogens with one attached hydrogen (secondary N) is 2. The largest absolute Gasteiger partial charge is 0.385 e. The van der Waals surface area contributed by atoms with Gasteiger partial charge in [-0.1, -0.05) is 12.1 Å². The first-order chi connectivity index (χ1) is 14.4. The topological polar surface area (TPSA) is 112 Å². The van der Waals surface area contributed by atoms with Crippen LogP contribution in [0.1, 0.15) is 38.7 Å². The molecule has 0 unspecified atom stereocenters. The van der Waals surface area contributed by atoms with Crippen LogP contribution >= 0.6 is 0 Å². The minimum atomic E-state index is -0.257. The number of carbonyl (C=O) groups is 1. The number of aliphatic imine (C=N–C) groups is 1. The standard InChI is InChI=1S/C22H25N5O3/c1-15(20(28)26-22(8-9-22)10-11-30-3)13-24-16(2)27-21(29)19(14-25-27)18-6-4-17(12-23)5-7-18/h4-7,13-14,25H,8-11H2,1-3H3,(H,26,28)/b15-13+,24-16?. The third-order valence-corrected chi connectivity index (χ3v) is 5.24. The van der Waals surface area contributed by atoms with Gasteiger partial charge in [0.15, 0.2) is 0 Å². The van der Waals surface area contributed by atoms with E-state index >= 15 is 0 Å². The van der Waals surface area contributed by atoms with E-state index in [1.807, 2.05) is 0 Å². The zero-order chi connectivity index (χ0) is 21.7. The summed E-state index contributed by atoms with van der Waals surface area (Å²) < 4.78 is 6.42. The molecule has 3 rings (SSSR count). The van der Waals surface area contributed by atoms with Crippen molar-refractivity contribution in [3.8, 4) is 17.2 Å². The van der Waals surface area contributed by atoms with Gasteiger partial charge in [-0.2, -0.15) is 5.26 Å². The molecule has 1 aliphatic rings. The molecule has 0 aliphatic heterocycles. The number of nitrogens with zero attached hydrogens (tertiary/aromatic N) is 3. The first kappa shape index (κ1) is 21.3. The molecule has 2 aromatic rings. The summed E-state index contributed by atoms with van der Waals surface area (Å²) >= 11 is 0. The Morgan fingerprint density at radius 2 is 2.07 bits per heavy atom. The lowest BCUT2D eigenvalue weighted by Gasteiger charge is -2.16. The second-order valence-electron chi connectivity index (χ2n) is 7.48. The van der Waals surface area contributed by atoms with Crippen LogP contribution in [-0.4, -0.2) is 40.8 Å². The normalized spacial score (nSPS) is 15.5. The van der Waals surface area contributed by atoms with Crippen LogP contribution in [0.3, 0.4) is 0 Å². The fraction of sp³-hybridized carbons (Fsp3) is 0.364. The van der Waals surface area contributed by atoms with Crippen molar-refractivity contribution < 1.29 is 9.53 Å². The van der Waals surface area contributed by atoms with E-state index in [1.54, 1.807) is 51.4 Å². The van der Waals surface area contributed by atoms with Gasteiger partial charge in [-0.3, -0.25) is 14.7 Å². The van der Waals surface area contributed by atoms with E-state index < -0.39 is 0 Å². The number of aromatic nitrogens is 2. The van der Waals surface area contributed by atoms with Crippen molar-refractivity contribution in [2.45, 2.75) is 38.6 Å². The van der Waals surface area contributed by atoms with E-state index in [0.29, 0.717) is 34.7 Å². The third kappa shape index (κ3) is 4.75. The Kier molecular flexibility index (Phi) is 6.33. The van der Waals surface area contributed by atoms with Crippen LogP contribution in [0.5, 0.6) is 0 Å². The number of amides is 1. The van der Waals surface area contributed by atoms with Crippen molar-refractivity contribution in [3.63, 3.8) is 0 Å². The van der Waals surface area contributed by atoms with Gasteiger partial charge < -0.3 is 10.1 Å². The van der Waals surface area contributed by atoms with Gasteiger partial charge in [-0.05, 0) is 50.8 Å². The van der Waals surface area contributed by atoms with Crippen molar-refractivity contribution in [2.24, 2.45) is 4.99 Å². The highest BCUT2D eigenvalue weighted by Crippen LogP contribution is 2.38. The lowest BCUT2D eigenvalue weighted by Crippen LogP contribution is -2.38. The molecule has 1 fully saturated rings. The van der Waals surface area contributed by atoms with E-state index in [1.165, 1.54) is 10.9 Å². The Morgan fingerprint density at radius 1 is 1.37 bits per heavy atom. The summed E-state index contributed by atoms with van der Waals surface area (Å²) in [5.41, 5.74) is 1.76. The predicted octanol–water partition coefficient (Wildman–Crippen LogP) is 2.57. The molecule has 1 heterocycles. The van der Waals surface area contributed by atoms with Gasteiger partial charge in [0.25, 0.3) is 5.56 Å². The monoisotopic (exact) mass is 407 g/mol. The van der Waals surface area contributed by atoms with E-state index in [9.17, 15) is 9.59 Å². The number of hydrogen-bond donors (Lipinski definition) is 2. The first-order valence-electron chi connectivity index (χ1n) is 9.73. The molecule has 1 aromatic heterocycles. The number of H-pyrrole nitrogens is 1. The van der Waals surface area contributed by atoms with Gasteiger partial charge in [-0.15, -0.1) is 0 Å². The average molecular weight is 407 g/mol. The van der Waals surface area contributed by atoms with Crippen molar-refractivity contribution in [1.29, 1.82) is 5.26 Å². The molecule has 8 nitrogen and oxygen atoms in total. The SMILES string of the molecule is COCCC1(NC(=O)/C(C)=C/N=C(C)n2[nH]cc(-c3ccc(C#N)cc3)c2=O)CC1. The molecule has 0 bridgehead atoms. The Morgan fingerprint density at radius 3 is 2.67 bits per heavy atom. The molecule has 8 heteroatoms. The highest BCUT2D eigenvalue weighted by molar-refractivity contribution is 5.94. The maximum atomic E-state index is 12.7. The van der Waals surface area contributed by atoms with Gasteiger partial charge in [-0.25, -0.2) is 9.67 Å². The number of nitriles is 1. The molecule has 1 aromatic carbocycles. The molecule has 30 heavy (non-hydrogen) atoms. The lowest BCUT2D eigenvalue weighted by molar-refractivity contribution is -0.118. The molecule has 0 radical (unpaired) electrons. The van der Waals surface area contributed by atoms with Crippen LogP contribution in [0, 0.1) is 11.3 Å². The summed E-state index contributed by atoms with van der Waals surface area (Å²) in [7, 11) is 1.65. The van der Waals surface area contributed by atoms with Crippen LogP contribution in [-0.2, 0) is 9.53 Å². The van der Waals surface area contributed by atoms with Crippen LogP contribution in [0.25, 0.3) is 11.1 Å². The quantitative estimate of drug-likeness (QED) is 0.417. The summed E-state index contributed by atoms with van der Waals surface area (Å²) in [5.74, 6) is 0.241. The fourth-order valence-electron chi connectivity index (χ4n) is 3.07. The van der Waals surface area contributed by atoms with Crippen LogP contribution in [0.15, 0.2) is 52.0 Å². The molecule has 0 saturated heterocycles. The Hall–Kier alpha value is -3.44. The number of ether oxygens (including phenoxy) is 1. The summed E-state index contributed by atoms with van der Waals surface area (Å²) in [6.45, 7) is 3.99. The highest BCUT2D eigenvalue weighted by Gasteiger charge is 2.43. The molecule has 2 N–H and O–H groups in total. The van der Waals surface area contributed by atoms with Crippen molar-refractivity contribution in [1.82, 2.24) is 15.1 Å². The highest BCUT2D eigenvalue weighted by atomic mass is 16.5. The van der Waals surface area contributed by atoms with E-state index in [0.717, 1.165) is 19.3 Å². The molecular formula is C22H25N5O3. The van der Waals surface area contributed by atoms with Gasteiger partial charge in [0.05, 0.1) is 17.2 Å². The summed E-state index contributed by atoms with van der Waals surface area (Å²) in [6, 6.07) is 8.84. The Bertz CT molecular complexity index is 1080. The Labute approximate surface area is 174 Å². The Balaban J connectivity index is 1.72. The second-order valence-corrected chi connectivity index (χ2v) is 7.48. The fourth-order valence-corrected chi connectivity index (χ4v) is 3.07. The number of methoxy groups -OCH3 is 1. The molecular weight excluding hydrogens is 382 g/mol. The molecule has 156 valence electrons. The van der Waals surface area contributed by atoms with Crippen LogP contribution in [0.2, 0.25) is 0 Å². The van der Waals surface area contributed by atoms with Crippen LogP contribution in [0.4, 0.5) is 0 Å². The molecule has 1 aliphatic carbocycles. The van der Waals surface area contributed by atoms with E-state index in [-0.39, 0.29) is 17.0 Å². The minimum Gasteiger partial charge on any atom is -0.385 e. The third-order valence-electron chi connectivity index (χ3n) is 5.24. The van der Waals surface area contributed by atoms with Crippen molar-refractivity contribution in [2.75, 3.05) is 13.7 Å². The number of carbonyl (C=O) groups excluding carboxylic acids is 1. The molecule has 1 saturated carbocycles. The molecule has 0 spiro atoms. The van der Waals surface area contributed by atoms with Gasteiger partial charge in [0.2, 0.25) is 5.91 Å². The van der Waals surface area contributed by atoms with E-state index in [4.69, 9.17) is 10.00 Å². The first-order valence-corrected chi connectivity index (χ1v) is 9.73. The zero-order valence-electron chi connectivity index (χ0n) is 17.4. The van der Waals surface area contributed by atoms with Crippen molar-refractivity contribution >= 4 is 11.7 Å². The lowest BCUT2D eigenvalue weighted by atomic mass is 10.1. The predicted molar refractivity (Wildman–Crippen MR) is 114 cm³/mol. The maximum Gasteiger partial charge on any atom is 0.280 e. The molecule has 1 amide bonds. The maximum absolute atomic E-state index is 12.7. The number of rotatable bonds is 7. The number of hydrogen-bond acceptors (Lipinski definition) is 5. The number of aromatic amines is 1. The summed E-state index contributed by atoms with van der Waals surface area (Å²) in [5, 5.41) is 14.8. The summed E-state index contributed by atoms with van der Waals surface area (Å²) in [6.07, 6.45) is 5.76. The minimum absolute atomic E-state index is 0.159. The van der Waals surface area contributed by atoms with Crippen molar-refractivity contribution in [3.05, 3.63) is 58.2 Å². The van der Waals surface area contributed by atoms with Gasteiger partial charge in [0, 0.05) is 37.2 Å². The van der Waals surface area contributed by atoms with Gasteiger partial charge >= 0.3 is 0 Å². The van der Waals surface area contributed by atoms with E-state index in [2.05, 4.69) is 21.5 Å². The average Bonchev–Trinajstić information content (AvgIpc) is 3.41. The van der Waals surface area contributed by atoms with Crippen LogP contribution < -0.4 is 10.9 Å². The smallest absolute Gasteiger partial charge is 0.280 e. The summed E-state index contributed by atoms with van der Waals surface area (Å²) in [4.78, 5) is 29.4. The second kappa shape index (κ2) is 8.93. The zero-order valence-corrected chi connectivity index (χ0v) is 17.4.